The van der Waals surface area contributed by atoms with Crippen molar-refractivity contribution in [3.05, 3.63) is 0 Å². The Kier molecular flexibility index (Phi) is 7.97. The first-order chi connectivity index (χ1) is 13.6. The standard InChI is InChI=1S/C21H38N4O3/c1-28-15-11-18-6-2-3-14-25(18)21(27)23-17-9-7-16(8-10-17)19(22)20(26)24-12-4-5-13-24/h16-19H,2-15,22H2,1H3,(H,23,27)/t16?,17?,18-,19?/m0/s1. The average molecular weight is 395 g/mol. The average Bonchev–Trinajstić information content (AvgIpc) is 3.27. The van der Waals surface area contributed by atoms with Gasteiger partial charge in [0.05, 0.1) is 6.04 Å². The topological polar surface area (TPSA) is 87.9 Å². The van der Waals surface area contributed by atoms with Crippen LogP contribution in [-0.2, 0) is 9.53 Å². The highest BCUT2D eigenvalue weighted by molar-refractivity contribution is 5.82. The molecule has 3 rings (SSSR count). The molecule has 7 nitrogen and oxygen atoms in total. The monoisotopic (exact) mass is 394 g/mol. The molecule has 3 N–H and O–H groups in total. The molecule has 2 saturated heterocycles. The van der Waals surface area contributed by atoms with Gasteiger partial charge in [-0.2, -0.15) is 0 Å². The van der Waals surface area contributed by atoms with Crippen LogP contribution in [0, 0.1) is 5.92 Å². The lowest BCUT2D eigenvalue weighted by molar-refractivity contribution is -0.133. The van der Waals surface area contributed by atoms with E-state index in [-0.39, 0.29) is 36.0 Å². The number of urea groups is 1. The minimum absolute atomic E-state index is 0.0710. The van der Waals surface area contributed by atoms with Crippen molar-refractivity contribution in [3.8, 4) is 0 Å². The van der Waals surface area contributed by atoms with Crippen LogP contribution in [0.15, 0.2) is 0 Å². The van der Waals surface area contributed by atoms with Crippen molar-refractivity contribution in [1.82, 2.24) is 15.1 Å². The molecule has 1 saturated carbocycles. The van der Waals surface area contributed by atoms with Crippen molar-refractivity contribution in [3.63, 3.8) is 0 Å². The minimum Gasteiger partial charge on any atom is -0.385 e. The van der Waals surface area contributed by atoms with Crippen molar-refractivity contribution in [2.75, 3.05) is 33.4 Å². The van der Waals surface area contributed by atoms with Gasteiger partial charge in [0, 0.05) is 45.4 Å². The van der Waals surface area contributed by atoms with Gasteiger partial charge in [0.1, 0.15) is 0 Å². The number of ether oxygens (including phenoxy) is 1. The number of likely N-dealkylation sites (tertiary alicyclic amines) is 2. The molecule has 7 heteroatoms. The van der Waals surface area contributed by atoms with Crippen LogP contribution in [-0.4, -0.2) is 73.2 Å². The van der Waals surface area contributed by atoms with Gasteiger partial charge in [-0.05, 0) is 70.1 Å². The summed E-state index contributed by atoms with van der Waals surface area (Å²) in [7, 11) is 1.71. The zero-order valence-electron chi connectivity index (χ0n) is 17.4. The third-order valence-corrected chi connectivity index (χ3v) is 6.85. The number of nitrogens with two attached hydrogens (primary N) is 1. The van der Waals surface area contributed by atoms with Crippen molar-refractivity contribution in [2.45, 2.75) is 82.3 Å². The Labute approximate surface area is 169 Å². The van der Waals surface area contributed by atoms with Crippen LogP contribution in [0.25, 0.3) is 0 Å². The summed E-state index contributed by atoms with van der Waals surface area (Å²) in [5.41, 5.74) is 6.30. The van der Waals surface area contributed by atoms with E-state index in [9.17, 15) is 9.59 Å². The number of hydrogen-bond acceptors (Lipinski definition) is 4. The predicted molar refractivity (Wildman–Crippen MR) is 109 cm³/mol. The van der Waals surface area contributed by atoms with E-state index in [1.165, 1.54) is 6.42 Å². The molecule has 0 aromatic heterocycles. The van der Waals surface area contributed by atoms with E-state index in [0.29, 0.717) is 6.61 Å². The summed E-state index contributed by atoms with van der Waals surface area (Å²) in [5, 5.41) is 3.25. The summed E-state index contributed by atoms with van der Waals surface area (Å²) >= 11 is 0. The number of amides is 3. The fourth-order valence-electron chi connectivity index (χ4n) is 5.05. The van der Waals surface area contributed by atoms with Gasteiger partial charge in [0.15, 0.2) is 0 Å². The van der Waals surface area contributed by atoms with E-state index < -0.39 is 0 Å². The molecule has 28 heavy (non-hydrogen) atoms. The molecule has 0 bridgehead atoms. The molecule has 1 aliphatic carbocycles. The minimum atomic E-state index is -0.379. The van der Waals surface area contributed by atoms with E-state index in [1.807, 2.05) is 9.80 Å². The predicted octanol–water partition coefficient (Wildman–Crippen LogP) is 2.10. The number of piperidine rings is 1. The van der Waals surface area contributed by atoms with E-state index >= 15 is 0 Å². The number of carbonyl (C=O) groups is 2. The van der Waals surface area contributed by atoms with Gasteiger partial charge in [-0.3, -0.25) is 4.79 Å². The maximum absolute atomic E-state index is 12.8. The second-order valence-corrected chi connectivity index (χ2v) is 8.74. The molecule has 2 aliphatic heterocycles. The molecule has 3 aliphatic rings. The number of hydrogen-bond donors (Lipinski definition) is 2. The molecule has 160 valence electrons. The molecule has 0 aromatic carbocycles. The first-order valence-electron chi connectivity index (χ1n) is 11.2. The van der Waals surface area contributed by atoms with Crippen molar-refractivity contribution < 1.29 is 14.3 Å². The van der Waals surface area contributed by atoms with E-state index in [0.717, 1.165) is 77.4 Å². The lowest BCUT2D eigenvalue weighted by atomic mass is 9.81. The Balaban J connectivity index is 1.44. The normalized spacial score (nSPS) is 29.6. The molecule has 3 amide bonds. The van der Waals surface area contributed by atoms with Crippen molar-refractivity contribution >= 4 is 11.9 Å². The second-order valence-electron chi connectivity index (χ2n) is 8.74. The maximum atomic E-state index is 12.8. The lowest BCUT2D eigenvalue weighted by Crippen LogP contribution is -2.53. The molecule has 3 fully saturated rings. The van der Waals surface area contributed by atoms with E-state index in [1.54, 1.807) is 7.11 Å². The number of carbonyl (C=O) groups excluding carboxylic acids is 2. The third-order valence-electron chi connectivity index (χ3n) is 6.85. The molecular formula is C21H38N4O3. The first kappa shape index (κ1) is 21.4. The Bertz CT molecular complexity index is 516. The Hall–Kier alpha value is -1.34. The second kappa shape index (κ2) is 10.4. The fraction of sp³-hybridized carbons (Fsp3) is 0.905. The Morgan fingerprint density at radius 1 is 1.04 bits per heavy atom. The summed E-state index contributed by atoms with van der Waals surface area (Å²) < 4.78 is 5.21. The molecule has 0 aromatic rings. The van der Waals surface area contributed by atoms with Crippen LogP contribution >= 0.6 is 0 Å². The van der Waals surface area contributed by atoms with Crippen LogP contribution in [0.2, 0.25) is 0 Å². The molecule has 1 unspecified atom stereocenters. The Morgan fingerprint density at radius 2 is 1.71 bits per heavy atom. The highest BCUT2D eigenvalue weighted by atomic mass is 16.5. The molecule has 0 spiro atoms. The highest BCUT2D eigenvalue weighted by Gasteiger charge is 2.34. The molecule has 0 radical (unpaired) electrons. The summed E-state index contributed by atoms with van der Waals surface area (Å²) in [6.45, 7) is 3.25. The van der Waals surface area contributed by atoms with Crippen molar-refractivity contribution in [2.24, 2.45) is 11.7 Å². The van der Waals surface area contributed by atoms with Crippen LogP contribution in [0.3, 0.4) is 0 Å². The van der Waals surface area contributed by atoms with Crippen LogP contribution in [0.1, 0.15) is 64.2 Å². The van der Waals surface area contributed by atoms with E-state index in [2.05, 4.69) is 5.32 Å². The van der Waals surface area contributed by atoms with Crippen molar-refractivity contribution in [1.29, 1.82) is 0 Å². The SMILES string of the molecule is COCC[C@@H]1CCCCN1C(=O)NC1CCC(C(N)C(=O)N2CCCC2)CC1. The molecule has 2 heterocycles. The molecule has 2 atom stereocenters. The quantitative estimate of drug-likeness (QED) is 0.722. The largest absolute Gasteiger partial charge is 0.385 e. The number of methoxy groups -OCH3 is 1. The summed E-state index contributed by atoms with van der Waals surface area (Å²) in [5.74, 6) is 0.366. The van der Waals surface area contributed by atoms with Gasteiger partial charge in [-0.25, -0.2) is 4.79 Å². The van der Waals surface area contributed by atoms with Gasteiger partial charge in [-0.15, -0.1) is 0 Å². The molecular weight excluding hydrogens is 356 g/mol. The third kappa shape index (κ3) is 5.38. The smallest absolute Gasteiger partial charge is 0.317 e. The lowest BCUT2D eigenvalue weighted by Gasteiger charge is -2.38. The van der Waals surface area contributed by atoms with Gasteiger partial charge >= 0.3 is 6.03 Å². The van der Waals surface area contributed by atoms with Crippen LogP contribution in [0.4, 0.5) is 4.79 Å². The highest BCUT2D eigenvalue weighted by Crippen LogP contribution is 2.28. The maximum Gasteiger partial charge on any atom is 0.317 e. The summed E-state index contributed by atoms with van der Waals surface area (Å²) in [6, 6.07) is 0.177. The van der Waals surface area contributed by atoms with Crippen LogP contribution < -0.4 is 11.1 Å². The number of nitrogens with one attached hydrogen (secondary N) is 1. The zero-order chi connectivity index (χ0) is 19.9. The van der Waals surface area contributed by atoms with Gasteiger partial charge in [-0.1, -0.05) is 0 Å². The fourth-order valence-corrected chi connectivity index (χ4v) is 5.05. The zero-order valence-corrected chi connectivity index (χ0v) is 17.4. The first-order valence-corrected chi connectivity index (χ1v) is 11.2. The number of rotatable bonds is 6. The van der Waals surface area contributed by atoms with Gasteiger partial charge in [0.25, 0.3) is 0 Å². The Morgan fingerprint density at radius 3 is 2.39 bits per heavy atom. The summed E-state index contributed by atoms with van der Waals surface area (Å²) in [4.78, 5) is 29.3. The van der Waals surface area contributed by atoms with Gasteiger partial charge in [0.2, 0.25) is 5.91 Å². The summed E-state index contributed by atoms with van der Waals surface area (Å²) in [6.07, 6.45) is 10.1. The van der Waals surface area contributed by atoms with Crippen LogP contribution in [0.5, 0.6) is 0 Å². The van der Waals surface area contributed by atoms with Gasteiger partial charge < -0.3 is 25.6 Å². The number of nitrogens with zero attached hydrogens (tertiary/aromatic N) is 2. The van der Waals surface area contributed by atoms with E-state index in [4.69, 9.17) is 10.5 Å².